The Balaban J connectivity index is 3.54. The molecular weight excluding hydrogens is 225 g/mol. The largest absolute Gasteiger partial charge is 0.471 e. The van der Waals surface area contributed by atoms with Crippen molar-refractivity contribution in [3.05, 3.63) is 0 Å². The minimum atomic E-state index is -4.86. The first-order chi connectivity index (χ1) is 7.38. The van der Waals surface area contributed by atoms with E-state index in [1.165, 1.54) is 0 Å². The van der Waals surface area contributed by atoms with E-state index in [9.17, 15) is 22.8 Å². The van der Waals surface area contributed by atoms with Crippen molar-refractivity contribution >= 4 is 11.8 Å². The van der Waals surface area contributed by atoms with E-state index in [-0.39, 0.29) is 25.3 Å². The van der Waals surface area contributed by atoms with Gasteiger partial charge in [-0.3, -0.25) is 9.59 Å². The first-order valence-corrected chi connectivity index (χ1v) is 4.99. The van der Waals surface area contributed by atoms with Crippen LogP contribution in [0.1, 0.15) is 26.2 Å². The molecule has 0 aliphatic rings. The Kier molecular flexibility index (Phi) is 6.52. The molecule has 94 valence electrons. The summed E-state index contributed by atoms with van der Waals surface area (Å²) in [6.07, 6.45) is -3.75. The zero-order chi connectivity index (χ0) is 12.6. The Hall–Kier alpha value is -1.27. The fourth-order valence-electron chi connectivity index (χ4n) is 0.904. The molecule has 0 aliphatic heterocycles. The van der Waals surface area contributed by atoms with Crippen molar-refractivity contribution in [3.8, 4) is 0 Å². The zero-order valence-electron chi connectivity index (χ0n) is 8.99. The van der Waals surface area contributed by atoms with Gasteiger partial charge in [0.05, 0.1) is 0 Å². The van der Waals surface area contributed by atoms with Gasteiger partial charge in [0.25, 0.3) is 0 Å². The maximum Gasteiger partial charge on any atom is 0.471 e. The molecule has 0 saturated heterocycles. The second kappa shape index (κ2) is 7.08. The monoisotopic (exact) mass is 240 g/mol. The Bertz CT molecular complexity index is 241. The van der Waals surface area contributed by atoms with Crippen LogP contribution in [0.15, 0.2) is 0 Å². The summed E-state index contributed by atoms with van der Waals surface area (Å²) in [7, 11) is 0. The van der Waals surface area contributed by atoms with Crippen molar-refractivity contribution in [1.82, 2.24) is 10.6 Å². The minimum Gasteiger partial charge on any atom is -0.356 e. The summed E-state index contributed by atoms with van der Waals surface area (Å²) in [6.45, 7) is 2.29. The molecule has 0 rings (SSSR count). The van der Waals surface area contributed by atoms with Crippen LogP contribution in [0.5, 0.6) is 0 Å². The van der Waals surface area contributed by atoms with Gasteiger partial charge >= 0.3 is 12.1 Å². The van der Waals surface area contributed by atoms with Gasteiger partial charge in [-0.15, -0.1) is 0 Å². The molecule has 0 heterocycles. The molecule has 0 saturated carbocycles. The Morgan fingerprint density at radius 3 is 2.25 bits per heavy atom. The van der Waals surface area contributed by atoms with Crippen molar-refractivity contribution in [3.63, 3.8) is 0 Å². The number of rotatable bonds is 6. The van der Waals surface area contributed by atoms with E-state index < -0.39 is 12.1 Å². The molecule has 0 radical (unpaired) electrons. The summed E-state index contributed by atoms with van der Waals surface area (Å²) < 4.78 is 35.1. The summed E-state index contributed by atoms with van der Waals surface area (Å²) in [5, 5.41) is 4.27. The predicted molar refractivity (Wildman–Crippen MR) is 51.6 cm³/mol. The SMILES string of the molecule is CCCNC(=O)CCCNC(=O)C(F)(F)F. The summed E-state index contributed by atoms with van der Waals surface area (Å²) in [4.78, 5) is 21.3. The highest BCUT2D eigenvalue weighted by molar-refractivity contribution is 5.81. The van der Waals surface area contributed by atoms with Crippen LogP contribution in [0.25, 0.3) is 0 Å². The van der Waals surface area contributed by atoms with Crippen molar-refractivity contribution < 1.29 is 22.8 Å². The van der Waals surface area contributed by atoms with Crippen LogP contribution in [0, 0.1) is 0 Å². The molecule has 0 fully saturated rings. The molecule has 4 nitrogen and oxygen atoms in total. The third-order valence-corrected chi connectivity index (χ3v) is 1.70. The molecule has 0 unspecified atom stereocenters. The Morgan fingerprint density at radius 1 is 1.12 bits per heavy atom. The Labute approximate surface area is 91.6 Å². The normalized spacial score (nSPS) is 11.0. The summed E-state index contributed by atoms with van der Waals surface area (Å²) in [5.41, 5.74) is 0. The Morgan fingerprint density at radius 2 is 1.75 bits per heavy atom. The first kappa shape index (κ1) is 14.7. The minimum absolute atomic E-state index is 0.109. The standard InChI is InChI=1S/C9H15F3N2O2/c1-2-5-13-7(15)4-3-6-14-8(16)9(10,11)12/h2-6H2,1H3,(H,13,15)(H,14,16). The molecule has 0 spiro atoms. The van der Waals surface area contributed by atoms with Crippen LogP contribution >= 0.6 is 0 Å². The lowest BCUT2D eigenvalue weighted by atomic mass is 10.3. The van der Waals surface area contributed by atoms with Crippen LogP contribution in [0.3, 0.4) is 0 Å². The average molecular weight is 240 g/mol. The molecule has 0 bridgehead atoms. The van der Waals surface area contributed by atoms with Crippen molar-refractivity contribution in [2.45, 2.75) is 32.4 Å². The molecule has 2 N–H and O–H groups in total. The fourth-order valence-corrected chi connectivity index (χ4v) is 0.904. The second-order valence-electron chi connectivity index (χ2n) is 3.21. The molecule has 7 heteroatoms. The number of nitrogens with one attached hydrogen (secondary N) is 2. The maximum atomic E-state index is 11.7. The molecule has 0 aliphatic carbocycles. The van der Waals surface area contributed by atoms with Gasteiger partial charge in [-0.2, -0.15) is 13.2 Å². The van der Waals surface area contributed by atoms with Gasteiger partial charge in [-0.05, 0) is 12.8 Å². The fraction of sp³-hybridized carbons (Fsp3) is 0.778. The van der Waals surface area contributed by atoms with Crippen LogP contribution in [0.2, 0.25) is 0 Å². The number of carbonyl (C=O) groups excluding carboxylic acids is 2. The first-order valence-electron chi connectivity index (χ1n) is 4.99. The van der Waals surface area contributed by atoms with E-state index in [2.05, 4.69) is 5.32 Å². The molecule has 0 aromatic heterocycles. The molecule has 2 amide bonds. The van der Waals surface area contributed by atoms with Gasteiger partial charge < -0.3 is 10.6 Å². The van der Waals surface area contributed by atoms with E-state index in [1.807, 2.05) is 6.92 Å². The lowest BCUT2D eigenvalue weighted by molar-refractivity contribution is -0.173. The van der Waals surface area contributed by atoms with E-state index in [0.717, 1.165) is 6.42 Å². The predicted octanol–water partition coefficient (Wildman–Crippen LogP) is 0.971. The summed E-state index contributed by atoms with van der Waals surface area (Å²) >= 11 is 0. The number of carbonyl (C=O) groups is 2. The van der Waals surface area contributed by atoms with Crippen molar-refractivity contribution in [2.24, 2.45) is 0 Å². The molecule has 0 aromatic carbocycles. The highest BCUT2D eigenvalue weighted by Gasteiger charge is 2.38. The average Bonchev–Trinajstić information content (AvgIpc) is 2.19. The summed E-state index contributed by atoms with van der Waals surface area (Å²) in [6, 6.07) is 0. The smallest absolute Gasteiger partial charge is 0.356 e. The third kappa shape index (κ3) is 7.08. The number of hydrogen-bond donors (Lipinski definition) is 2. The zero-order valence-corrected chi connectivity index (χ0v) is 8.99. The van der Waals surface area contributed by atoms with Gasteiger partial charge in [0.2, 0.25) is 5.91 Å². The van der Waals surface area contributed by atoms with Crippen LogP contribution < -0.4 is 10.6 Å². The van der Waals surface area contributed by atoms with E-state index in [4.69, 9.17) is 0 Å². The molecule has 0 atom stereocenters. The highest BCUT2D eigenvalue weighted by atomic mass is 19.4. The number of hydrogen-bond acceptors (Lipinski definition) is 2. The summed E-state index contributed by atoms with van der Waals surface area (Å²) in [5.74, 6) is -2.19. The van der Waals surface area contributed by atoms with E-state index in [0.29, 0.717) is 6.54 Å². The van der Waals surface area contributed by atoms with Crippen LogP contribution in [-0.2, 0) is 9.59 Å². The second-order valence-corrected chi connectivity index (χ2v) is 3.21. The van der Waals surface area contributed by atoms with Gasteiger partial charge in [-0.25, -0.2) is 0 Å². The lowest BCUT2D eigenvalue weighted by Crippen LogP contribution is -2.37. The maximum absolute atomic E-state index is 11.7. The van der Waals surface area contributed by atoms with Gasteiger partial charge in [0, 0.05) is 19.5 Å². The van der Waals surface area contributed by atoms with Gasteiger partial charge in [0.1, 0.15) is 0 Å². The van der Waals surface area contributed by atoms with Gasteiger partial charge in [-0.1, -0.05) is 6.92 Å². The number of halogens is 3. The van der Waals surface area contributed by atoms with Crippen molar-refractivity contribution in [1.29, 1.82) is 0 Å². The third-order valence-electron chi connectivity index (χ3n) is 1.70. The van der Waals surface area contributed by atoms with E-state index in [1.54, 1.807) is 5.32 Å². The molecule has 0 aromatic rings. The topological polar surface area (TPSA) is 58.2 Å². The number of amides is 2. The highest BCUT2D eigenvalue weighted by Crippen LogP contribution is 2.13. The number of alkyl halides is 3. The van der Waals surface area contributed by atoms with Crippen LogP contribution in [-0.4, -0.2) is 31.1 Å². The van der Waals surface area contributed by atoms with Gasteiger partial charge in [0.15, 0.2) is 0 Å². The van der Waals surface area contributed by atoms with Crippen LogP contribution in [0.4, 0.5) is 13.2 Å². The molecular formula is C9H15F3N2O2. The van der Waals surface area contributed by atoms with Crippen molar-refractivity contribution in [2.75, 3.05) is 13.1 Å². The lowest BCUT2D eigenvalue weighted by Gasteiger charge is -2.07. The van der Waals surface area contributed by atoms with E-state index >= 15 is 0 Å². The molecule has 16 heavy (non-hydrogen) atoms. The quantitative estimate of drug-likeness (QED) is 0.680.